The van der Waals surface area contributed by atoms with E-state index in [1.54, 1.807) is 30.9 Å². The van der Waals surface area contributed by atoms with Gasteiger partial charge in [-0.15, -0.1) is 0 Å². The lowest BCUT2D eigenvalue weighted by Gasteiger charge is -2.39. The van der Waals surface area contributed by atoms with Crippen molar-refractivity contribution in [3.8, 4) is 0 Å². The van der Waals surface area contributed by atoms with Gasteiger partial charge in [-0.2, -0.15) is 0 Å². The van der Waals surface area contributed by atoms with Gasteiger partial charge in [0.25, 0.3) is 0 Å². The first-order chi connectivity index (χ1) is 20.4. The van der Waals surface area contributed by atoms with E-state index in [1.807, 2.05) is 33.8 Å². The Labute approximate surface area is 255 Å². The molecule has 2 N–H and O–H groups in total. The van der Waals surface area contributed by atoms with Crippen LogP contribution >= 0.6 is 0 Å². The van der Waals surface area contributed by atoms with Gasteiger partial charge in [0.05, 0.1) is 50.3 Å². The van der Waals surface area contributed by atoms with E-state index >= 15 is 0 Å². The van der Waals surface area contributed by atoms with Crippen molar-refractivity contribution >= 4 is 29.6 Å². The predicted molar refractivity (Wildman–Crippen MR) is 161 cm³/mol. The van der Waals surface area contributed by atoms with Gasteiger partial charge >= 0.3 is 5.97 Å². The molecule has 43 heavy (non-hydrogen) atoms. The van der Waals surface area contributed by atoms with Crippen molar-refractivity contribution in [2.75, 3.05) is 53.3 Å². The molecule has 13 nitrogen and oxygen atoms in total. The van der Waals surface area contributed by atoms with Gasteiger partial charge in [0.1, 0.15) is 6.54 Å². The minimum absolute atomic E-state index is 0.00361. The van der Waals surface area contributed by atoms with Crippen molar-refractivity contribution in [3.63, 3.8) is 0 Å². The van der Waals surface area contributed by atoms with E-state index < -0.39 is 24.1 Å². The zero-order valence-electron chi connectivity index (χ0n) is 27.1. The summed E-state index contributed by atoms with van der Waals surface area (Å²) in [5, 5.41) is 5.59. The maximum Gasteiger partial charge on any atom is 0.325 e. The van der Waals surface area contributed by atoms with Crippen LogP contribution in [0.1, 0.15) is 57.8 Å². The van der Waals surface area contributed by atoms with Crippen LogP contribution in [0.2, 0.25) is 0 Å². The van der Waals surface area contributed by atoms with Crippen LogP contribution < -0.4 is 10.6 Å². The van der Waals surface area contributed by atoms with E-state index in [0.29, 0.717) is 18.9 Å². The number of likely N-dealkylation sites (N-methyl/N-ethyl adjacent to an activating group) is 1. The Balaban J connectivity index is 2.15. The quantitative estimate of drug-likeness (QED) is 0.266. The van der Waals surface area contributed by atoms with E-state index in [1.165, 1.54) is 14.2 Å². The number of nitrogens with one attached hydrogen (secondary N) is 2. The minimum Gasteiger partial charge on any atom is -0.468 e. The Hall–Kier alpha value is -3.32. The van der Waals surface area contributed by atoms with Gasteiger partial charge in [-0.3, -0.25) is 19.2 Å². The maximum absolute atomic E-state index is 13.8. The second kappa shape index (κ2) is 17.1. The number of methoxy groups -OCH3 is 3. The maximum atomic E-state index is 13.8. The molecule has 0 aromatic carbocycles. The first-order valence-electron chi connectivity index (χ1n) is 14.9. The van der Waals surface area contributed by atoms with E-state index in [9.17, 15) is 19.2 Å². The molecule has 1 aliphatic heterocycles. The summed E-state index contributed by atoms with van der Waals surface area (Å²) in [6.45, 7) is 9.82. The highest BCUT2D eigenvalue weighted by Gasteiger charge is 2.42. The molecule has 13 heteroatoms. The van der Waals surface area contributed by atoms with Crippen molar-refractivity contribution in [1.82, 2.24) is 25.1 Å². The summed E-state index contributed by atoms with van der Waals surface area (Å²) in [5.41, 5.74) is 1.61. The van der Waals surface area contributed by atoms with Gasteiger partial charge in [0.2, 0.25) is 23.7 Å². The molecule has 6 unspecified atom stereocenters. The number of anilines is 1. The molecular weight excluding hydrogens is 556 g/mol. The normalized spacial score (nSPS) is 18.3. The zero-order valence-corrected chi connectivity index (χ0v) is 27.1. The summed E-state index contributed by atoms with van der Waals surface area (Å²) in [6.07, 6.45) is 1.15. The third-order valence-corrected chi connectivity index (χ3v) is 8.32. The molecule has 2 rings (SSSR count). The SMILES string of the molecule is CCC(C)C(C(CC(=O)N1CCCC1C(OC)C(C)C(=O)NCC(=O)OC)OC)N(C)C(=O)CNc1nc(C)cc(C)n1. The van der Waals surface area contributed by atoms with Crippen LogP contribution in [0.25, 0.3) is 0 Å². The Morgan fingerprint density at radius 1 is 1.07 bits per heavy atom. The van der Waals surface area contributed by atoms with Crippen molar-refractivity contribution in [1.29, 1.82) is 0 Å². The standard InChI is InChI=1S/C30H50N6O7/c1-10-18(2)27(35(6)25(38)16-32-30-33-19(3)14-20(4)34-30)23(41-7)15-24(37)36-13-11-12-22(36)28(43-9)21(5)29(40)31-17-26(39)42-8/h14,18,21-23,27-28H,10-13,15-17H2,1-9H3,(H,31,40)(H,32,33,34). The number of nitrogens with zero attached hydrogens (tertiary/aromatic N) is 4. The second-order valence-electron chi connectivity index (χ2n) is 11.3. The monoisotopic (exact) mass is 606 g/mol. The number of esters is 1. The van der Waals surface area contributed by atoms with Crippen LogP contribution in [0, 0.1) is 25.7 Å². The number of ether oxygens (including phenoxy) is 3. The molecular formula is C30H50N6O7. The molecule has 1 aromatic heterocycles. The smallest absolute Gasteiger partial charge is 0.325 e. The van der Waals surface area contributed by atoms with Gasteiger partial charge in [-0.05, 0) is 38.7 Å². The summed E-state index contributed by atoms with van der Waals surface area (Å²) in [7, 11) is 6.06. The van der Waals surface area contributed by atoms with Gasteiger partial charge in [0.15, 0.2) is 0 Å². The number of rotatable bonds is 16. The van der Waals surface area contributed by atoms with E-state index in [-0.39, 0.29) is 55.2 Å². The largest absolute Gasteiger partial charge is 0.468 e. The molecule has 0 bridgehead atoms. The Morgan fingerprint density at radius 2 is 1.72 bits per heavy atom. The molecule has 1 aliphatic rings. The Morgan fingerprint density at radius 3 is 2.28 bits per heavy atom. The molecule has 2 heterocycles. The molecule has 1 fully saturated rings. The van der Waals surface area contributed by atoms with Crippen LogP contribution in [0.4, 0.5) is 5.95 Å². The third kappa shape index (κ3) is 9.85. The van der Waals surface area contributed by atoms with E-state index in [0.717, 1.165) is 24.2 Å². The summed E-state index contributed by atoms with van der Waals surface area (Å²) in [5.74, 6) is -1.39. The average molecular weight is 607 g/mol. The lowest BCUT2D eigenvalue weighted by atomic mass is 9.90. The molecule has 0 radical (unpaired) electrons. The first kappa shape index (κ1) is 35.9. The highest BCUT2D eigenvalue weighted by molar-refractivity contribution is 5.84. The van der Waals surface area contributed by atoms with Gasteiger partial charge < -0.3 is 34.6 Å². The molecule has 1 aromatic rings. The molecule has 6 atom stereocenters. The van der Waals surface area contributed by atoms with Crippen LogP contribution in [0.3, 0.4) is 0 Å². The fourth-order valence-electron chi connectivity index (χ4n) is 5.80. The highest BCUT2D eigenvalue weighted by Crippen LogP contribution is 2.29. The van der Waals surface area contributed by atoms with Gasteiger partial charge in [-0.1, -0.05) is 27.2 Å². The first-order valence-corrected chi connectivity index (χ1v) is 14.9. The minimum atomic E-state index is -0.614. The number of carbonyl (C=O) groups is 4. The van der Waals surface area contributed by atoms with Crippen LogP contribution in [-0.2, 0) is 33.4 Å². The fourth-order valence-corrected chi connectivity index (χ4v) is 5.80. The zero-order chi connectivity index (χ0) is 32.3. The van der Waals surface area contributed by atoms with Crippen molar-refractivity contribution in [2.45, 2.75) is 84.6 Å². The average Bonchev–Trinajstić information content (AvgIpc) is 3.47. The Bertz CT molecular complexity index is 1080. The van der Waals surface area contributed by atoms with Crippen molar-refractivity contribution < 1.29 is 33.4 Å². The number of aryl methyl sites for hydroxylation is 2. The molecule has 242 valence electrons. The number of likely N-dealkylation sites (tertiary alicyclic amines) is 1. The molecule has 0 spiro atoms. The molecule has 0 saturated carbocycles. The Kier molecular flexibility index (Phi) is 14.3. The fraction of sp³-hybridized carbons (Fsp3) is 0.733. The summed E-state index contributed by atoms with van der Waals surface area (Å²) < 4.78 is 16.2. The van der Waals surface area contributed by atoms with Crippen LogP contribution in [0.15, 0.2) is 6.07 Å². The number of hydrogen-bond donors (Lipinski definition) is 2. The summed E-state index contributed by atoms with van der Waals surface area (Å²) in [6, 6.07) is 1.17. The molecule has 1 saturated heterocycles. The lowest BCUT2D eigenvalue weighted by Crippen LogP contribution is -2.54. The second-order valence-corrected chi connectivity index (χ2v) is 11.3. The van der Waals surface area contributed by atoms with Gasteiger partial charge in [-0.25, -0.2) is 9.97 Å². The van der Waals surface area contributed by atoms with Crippen LogP contribution in [0.5, 0.6) is 0 Å². The van der Waals surface area contributed by atoms with E-state index in [2.05, 4.69) is 25.3 Å². The number of hydrogen-bond acceptors (Lipinski definition) is 10. The number of amides is 3. The van der Waals surface area contributed by atoms with Crippen LogP contribution in [-0.4, -0.2) is 116 Å². The molecule has 3 amide bonds. The topological polar surface area (TPSA) is 152 Å². The summed E-state index contributed by atoms with van der Waals surface area (Å²) >= 11 is 0. The predicted octanol–water partition coefficient (Wildman–Crippen LogP) is 1.71. The third-order valence-electron chi connectivity index (χ3n) is 8.32. The summed E-state index contributed by atoms with van der Waals surface area (Å²) in [4.78, 5) is 63.4. The lowest BCUT2D eigenvalue weighted by molar-refractivity contribution is -0.146. The highest BCUT2D eigenvalue weighted by atomic mass is 16.5. The molecule has 0 aliphatic carbocycles. The number of aromatic nitrogens is 2. The van der Waals surface area contributed by atoms with Crippen molar-refractivity contribution in [2.24, 2.45) is 11.8 Å². The van der Waals surface area contributed by atoms with Gasteiger partial charge in [0, 0.05) is 39.2 Å². The van der Waals surface area contributed by atoms with E-state index in [4.69, 9.17) is 9.47 Å². The number of carbonyl (C=O) groups excluding carboxylic acids is 4. The van der Waals surface area contributed by atoms with Crippen molar-refractivity contribution in [3.05, 3.63) is 17.5 Å².